The van der Waals surface area contributed by atoms with Crippen LogP contribution >= 0.6 is 23.2 Å². The van der Waals surface area contributed by atoms with Gasteiger partial charge in [-0.25, -0.2) is 0 Å². The van der Waals surface area contributed by atoms with Crippen molar-refractivity contribution in [2.75, 3.05) is 6.61 Å². The lowest BCUT2D eigenvalue weighted by Crippen LogP contribution is -2.19. The fraction of sp³-hybridized carbons (Fsp3) is 0.188. The predicted octanol–water partition coefficient (Wildman–Crippen LogP) is 4.16. The van der Waals surface area contributed by atoms with Crippen molar-refractivity contribution in [3.63, 3.8) is 0 Å². The van der Waals surface area contributed by atoms with E-state index in [2.05, 4.69) is 6.58 Å². The number of hydrogen-bond donors (Lipinski definition) is 0. The van der Waals surface area contributed by atoms with Crippen molar-refractivity contribution >= 4 is 23.2 Å². The smallest absolute Gasteiger partial charge is 0.254 e. The maximum atomic E-state index is 12.0. The van der Waals surface area contributed by atoms with Crippen molar-refractivity contribution < 1.29 is 4.74 Å². The van der Waals surface area contributed by atoms with Crippen LogP contribution in [0.5, 0.6) is 5.75 Å². The molecule has 1 aromatic heterocycles. The molecule has 2 rings (SSSR count). The molecule has 0 saturated heterocycles. The Labute approximate surface area is 133 Å². The van der Waals surface area contributed by atoms with E-state index in [1.165, 1.54) is 6.07 Å². The van der Waals surface area contributed by atoms with Gasteiger partial charge in [0.15, 0.2) is 0 Å². The Morgan fingerprint density at radius 1 is 1.24 bits per heavy atom. The van der Waals surface area contributed by atoms with Gasteiger partial charge in [-0.05, 0) is 30.2 Å². The SMILES string of the molecule is C=CCCOc1ccn(Cc2ccc(Cl)cc2Cl)c(=O)c1. The molecule has 0 atom stereocenters. The number of rotatable bonds is 6. The summed E-state index contributed by atoms with van der Waals surface area (Å²) in [6.45, 7) is 4.52. The van der Waals surface area contributed by atoms with Crippen LogP contribution in [0.4, 0.5) is 0 Å². The highest BCUT2D eigenvalue weighted by Crippen LogP contribution is 2.21. The summed E-state index contributed by atoms with van der Waals surface area (Å²) in [5.74, 6) is 0.556. The average molecular weight is 324 g/mol. The molecular formula is C16H15Cl2NO2. The molecule has 0 unspecified atom stereocenters. The quantitative estimate of drug-likeness (QED) is 0.590. The summed E-state index contributed by atoms with van der Waals surface area (Å²) >= 11 is 12.0. The molecule has 0 N–H and O–H groups in total. The summed E-state index contributed by atoms with van der Waals surface area (Å²) in [5, 5.41) is 1.11. The first-order valence-corrected chi connectivity index (χ1v) is 7.24. The summed E-state index contributed by atoms with van der Waals surface area (Å²) < 4.78 is 7.01. The third-order valence-electron chi connectivity index (χ3n) is 2.91. The highest BCUT2D eigenvalue weighted by atomic mass is 35.5. The standard InChI is InChI=1S/C16H15Cl2NO2/c1-2-3-8-21-14-6-7-19(16(20)10-14)11-12-4-5-13(17)9-15(12)18/h2,4-7,9-10H,1,3,8,11H2. The Kier molecular flexibility index (Phi) is 5.48. The monoisotopic (exact) mass is 323 g/mol. The molecule has 0 bridgehead atoms. The molecule has 0 spiro atoms. The molecule has 0 aliphatic carbocycles. The van der Waals surface area contributed by atoms with Crippen molar-refractivity contribution in [3.8, 4) is 5.75 Å². The lowest BCUT2D eigenvalue weighted by atomic mass is 10.2. The minimum atomic E-state index is -0.142. The number of aromatic nitrogens is 1. The van der Waals surface area contributed by atoms with E-state index < -0.39 is 0 Å². The van der Waals surface area contributed by atoms with Gasteiger partial charge >= 0.3 is 0 Å². The molecule has 1 aromatic carbocycles. The van der Waals surface area contributed by atoms with Crippen molar-refractivity contribution in [2.24, 2.45) is 0 Å². The minimum Gasteiger partial charge on any atom is -0.493 e. The molecule has 1 heterocycles. The molecule has 0 saturated carbocycles. The summed E-state index contributed by atoms with van der Waals surface area (Å²) in [6.07, 6.45) is 4.20. The van der Waals surface area contributed by atoms with E-state index in [9.17, 15) is 4.79 Å². The largest absolute Gasteiger partial charge is 0.493 e. The Morgan fingerprint density at radius 3 is 2.71 bits per heavy atom. The van der Waals surface area contributed by atoms with Crippen LogP contribution in [-0.4, -0.2) is 11.2 Å². The highest BCUT2D eigenvalue weighted by molar-refractivity contribution is 6.35. The van der Waals surface area contributed by atoms with Crippen molar-refractivity contribution in [1.29, 1.82) is 0 Å². The predicted molar refractivity (Wildman–Crippen MR) is 86.6 cm³/mol. The van der Waals surface area contributed by atoms with Crippen LogP contribution in [0, 0.1) is 0 Å². The van der Waals surface area contributed by atoms with E-state index in [0.29, 0.717) is 28.9 Å². The van der Waals surface area contributed by atoms with E-state index in [0.717, 1.165) is 12.0 Å². The Hall–Kier alpha value is -1.71. The summed E-state index contributed by atoms with van der Waals surface area (Å²) in [7, 11) is 0. The van der Waals surface area contributed by atoms with Crippen molar-refractivity contribution in [3.05, 3.63) is 75.1 Å². The molecule has 0 radical (unpaired) electrons. The maximum absolute atomic E-state index is 12.0. The summed E-state index contributed by atoms with van der Waals surface area (Å²) in [4.78, 5) is 12.0. The van der Waals surface area contributed by atoms with Gasteiger partial charge in [0.25, 0.3) is 5.56 Å². The Bertz CT molecular complexity index is 695. The second-order valence-electron chi connectivity index (χ2n) is 4.49. The van der Waals surface area contributed by atoms with Crippen LogP contribution in [-0.2, 0) is 6.54 Å². The van der Waals surface area contributed by atoms with Gasteiger partial charge in [-0.1, -0.05) is 35.3 Å². The second-order valence-corrected chi connectivity index (χ2v) is 5.33. The third kappa shape index (κ3) is 4.38. The minimum absolute atomic E-state index is 0.142. The van der Waals surface area contributed by atoms with E-state index in [4.69, 9.17) is 27.9 Å². The van der Waals surface area contributed by atoms with Gasteiger partial charge in [-0.15, -0.1) is 6.58 Å². The van der Waals surface area contributed by atoms with Crippen LogP contribution in [0.1, 0.15) is 12.0 Å². The van der Waals surface area contributed by atoms with Gasteiger partial charge in [-0.3, -0.25) is 4.79 Å². The van der Waals surface area contributed by atoms with E-state index in [1.54, 1.807) is 35.0 Å². The van der Waals surface area contributed by atoms with E-state index in [-0.39, 0.29) is 5.56 Å². The van der Waals surface area contributed by atoms with Crippen LogP contribution in [0.2, 0.25) is 10.0 Å². The molecular weight excluding hydrogens is 309 g/mol. The fourth-order valence-corrected chi connectivity index (χ4v) is 2.27. The van der Waals surface area contributed by atoms with Crippen LogP contribution in [0.3, 0.4) is 0 Å². The third-order valence-corrected chi connectivity index (χ3v) is 3.50. The first-order valence-electron chi connectivity index (χ1n) is 6.48. The second kappa shape index (κ2) is 7.34. The number of halogens is 2. The van der Waals surface area contributed by atoms with E-state index >= 15 is 0 Å². The molecule has 0 amide bonds. The molecule has 0 aliphatic rings. The molecule has 0 fully saturated rings. The zero-order chi connectivity index (χ0) is 15.2. The van der Waals surface area contributed by atoms with Gasteiger partial charge < -0.3 is 9.30 Å². The molecule has 21 heavy (non-hydrogen) atoms. The molecule has 110 valence electrons. The van der Waals surface area contributed by atoms with Crippen LogP contribution in [0.25, 0.3) is 0 Å². The highest BCUT2D eigenvalue weighted by Gasteiger charge is 2.05. The molecule has 0 aliphatic heterocycles. The van der Waals surface area contributed by atoms with Crippen molar-refractivity contribution in [2.45, 2.75) is 13.0 Å². The van der Waals surface area contributed by atoms with Gasteiger partial charge in [0, 0.05) is 22.3 Å². The Morgan fingerprint density at radius 2 is 2.05 bits per heavy atom. The lowest BCUT2D eigenvalue weighted by Gasteiger charge is -2.09. The first kappa shape index (κ1) is 15.7. The number of ether oxygens (including phenoxy) is 1. The number of hydrogen-bond acceptors (Lipinski definition) is 2. The lowest BCUT2D eigenvalue weighted by molar-refractivity contribution is 0.323. The van der Waals surface area contributed by atoms with Crippen molar-refractivity contribution in [1.82, 2.24) is 4.57 Å². The van der Waals surface area contributed by atoms with Gasteiger partial charge in [0.05, 0.1) is 13.2 Å². The van der Waals surface area contributed by atoms with E-state index in [1.807, 2.05) is 6.07 Å². The zero-order valence-electron chi connectivity index (χ0n) is 11.4. The number of benzene rings is 1. The maximum Gasteiger partial charge on any atom is 0.254 e. The molecule has 3 nitrogen and oxygen atoms in total. The first-order chi connectivity index (χ1) is 10.1. The summed E-state index contributed by atoms with van der Waals surface area (Å²) in [5.41, 5.74) is 0.695. The number of nitrogens with zero attached hydrogens (tertiary/aromatic N) is 1. The molecule has 5 heteroatoms. The summed E-state index contributed by atoms with van der Waals surface area (Å²) in [6, 6.07) is 8.45. The fourth-order valence-electron chi connectivity index (χ4n) is 1.80. The number of pyridine rings is 1. The average Bonchev–Trinajstić information content (AvgIpc) is 2.44. The Balaban J connectivity index is 2.14. The topological polar surface area (TPSA) is 31.2 Å². The van der Waals surface area contributed by atoms with Crippen LogP contribution < -0.4 is 10.3 Å². The normalized spacial score (nSPS) is 10.4. The van der Waals surface area contributed by atoms with Gasteiger partial charge in [-0.2, -0.15) is 0 Å². The van der Waals surface area contributed by atoms with Crippen LogP contribution in [0.15, 0.2) is 54.0 Å². The molecule has 2 aromatic rings. The zero-order valence-corrected chi connectivity index (χ0v) is 12.9. The van der Waals surface area contributed by atoms with Gasteiger partial charge in [0.2, 0.25) is 0 Å². The van der Waals surface area contributed by atoms with Gasteiger partial charge in [0.1, 0.15) is 5.75 Å².